The van der Waals surface area contributed by atoms with E-state index in [4.69, 9.17) is 4.74 Å². The first-order valence-corrected chi connectivity index (χ1v) is 9.66. The molecule has 3 rings (SSSR count). The Morgan fingerprint density at radius 1 is 1.30 bits per heavy atom. The van der Waals surface area contributed by atoms with Crippen molar-refractivity contribution >= 4 is 17.7 Å². The molecule has 2 fully saturated rings. The van der Waals surface area contributed by atoms with E-state index < -0.39 is 0 Å². The van der Waals surface area contributed by atoms with Gasteiger partial charge >= 0.3 is 0 Å². The van der Waals surface area contributed by atoms with E-state index in [1.54, 1.807) is 0 Å². The van der Waals surface area contributed by atoms with Crippen molar-refractivity contribution in [2.75, 3.05) is 19.3 Å². The van der Waals surface area contributed by atoms with Crippen LogP contribution in [0.25, 0.3) is 0 Å². The van der Waals surface area contributed by atoms with E-state index in [-0.39, 0.29) is 0 Å². The minimum Gasteiger partial charge on any atom is -0.373 e. The molecule has 0 aromatic heterocycles. The van der Waals surface area contributed by atoms with Gasteiger partial charge in [0, 0.05) is 25.1 Å². The summed E-state index contributed by atoms with van der Waals surface area (Å²) < 4.78 is 5.88. The highest BCUT2D eigenvalue weighted by molar-refractivity contribution is 7.98. The van der Waals surface area contributed by atoms with Crippen LogP contribution in [0.5, 0.6) is 0 Å². The highest BCUT2D eigenvalue weighted by atomic mass is 32.2. The maximum absolute atomic E-state index is 5.88. The number of aliphatic imine (C=N–C) groups is 1. The lowest BCUT2D eigenvalue weighted by atomic mass is 9.96. The average Bonchev–Trinajstić information content (AvgIpc) is 3.18. The average molecular weight is 334 g/mol. The van der Waals surface area contributed by atoms with E-state index in [9.17, 15) is 0 Å². The molecule has 1 aromatic rings. The summed E-state index contributed by atoms with van der Waals surface area (Å²) in [4.78, 5) is 4.33. The molecule has 2 aliphatic heterocycles. The Hall–Kier alpha value is -1.20. The predicted octanol–water partition coefficient (Wildman–Crippen LogP) is 2.71. The Balaban J connectivity index is 1.32. The lowest BCUT2D eigenvalue weighted by Crippen LogP contribution is -2.47. The first-order valence-electron chi connectivity index (χ1n) is 8.50. The minimum absolute atomic E-state index is 0.384. The standard InChI is InChI=1S/C18H27N3OS/c1-13-3-5-14(6-4-13)12-23-10-9-20-18(19-2)21-16-11-15-7-8-17(16)22-15/h3-6,15-17H,7-12H2,1-2H3,(H2,19,20,21). The van der Waals surface area contributed by atoms with Gasteiger partial charge in [-0.05, 0) is 31.7 Å². The number of benzene rings is 1. The van der Waals surface area contributed by atoms with Crippen LogP contribution >= 0.6 is 11.8 Å². The third-order valence-corrected chi connectivity index (χ3v) is 5.61. The van der Waals surface area contributed by atoms with E-state index in [2.05, 4.69) is 46.8 Å². The van der Waals surface area contributed by atoms with Crippen molar-refractivity contribution in [2.24, 2.45) is 4.99 Å². The van der Waals surface area contributed by atoms with E-state index in [0.29, 0.717) is 18.2 Å². The van der Waals surface area contributed by atoms with Gasteiger partial charge in [-0.25, -0.2) is 0 Å². The topological polar surface area (TPSA) is 45.7 Å². The van der Waals surface area contributed by atoms with Crippen molar-refractivity contribution < 1.29 is 4.74 Å². The fourth-order valence-electron chi connectivity index (χ4n) is 3.28. The molecule has 126 valence electrons. The quantitative estimate of drug-likeness (QED) is 0.477. The lowest BCUT2D eigenvalue weighted by Gasteiger charge is -2.22. The third kappa shape index (κ3) is 4.64. The Bertz CT molecular complexity index is 532. The normalized spacial score (nSPS) is 26.5. The van der Waals surface area contributed by atoms with Crippen LogP contribution in [0.15, 0.2) is 29.3 Å². The van der Waals surface area contributed by atoms with Gasteiger partial charge in [-0.3, -0.25) is 4.99 Å². The summed E-state index contributed by atoms with van der Waals surface area (Å²) in [6, 6.07) is 9.21. The Labute approximate surface area is 143 Å². The Kier molecular flexibility index (Phi) is 5.84. The summed E-state index contributed by atoms with van der Waals surface area (Å²) in [6.45, 7) is 3.05. The monoisotopic (exact) mass is 333 g/mol. The van der Waals surface area contributed by atoms with Crippen LogP contribution in [-0.4, -0.2) is 43.6 Å². The second kappa shape index (κ2) is 8.06. The van der Waals surface area contributed by atoms with Gasteiger partial charge in [0.25, 0.3) is 0 Å². The van der Waals surface area contributed by atoms with Crippen molar-refractivity contribution in [3.8, 4) is 0 Å². The minimum atomic E-state index is 0.384. The number of hydrogen-bond acceptors (Lipinski definition) is 3. The van der Waals surface area contributed by atoms with E-state index in [1.165, 1.54) is 24.0 Å². The van der Waals surface area contributed by atoms with Crippen molar-refractivity contribution in [1.29, 1.82) is 0 Å². The molecule has 2 N–H and O–H groups in total. The zero-order valence-corrected chi connectivity index (χ0v) is 14.9. The second-order valence-corrected chi connectivity index (χ2v) is 7.50. The number of guanidine groups is 1. The van der Waals surface area contributed by atoms with Crippen LogP contribution in [0, 0.1) is 6.92 Å². The van der Waals surface area contributed by atoms with Crippen molar-refractivity contribution in [3.63, 3.8) is 0 Å². The van der Waals surface area contributed by atoms with Crippen molar-refractivity contribution in [3.05, 3.63) is 35.4 Å². The van der Waals surface area contributed by atoms with Gasteiger partial charge in [-0.2, -0.15) is 11.8 Å². The number of ether oxygens (including phenoxy) is 1. The highest BCUT2D eigenvalue weighted by Gasteiger charge is 2.41. The molecule has 4 nitrogen and oxygen atoms in total. The molecule has 2 saturated heterocycles. The molecule has 2 heterocycles. The van der Waals surface area contributed by atoms with Crippen LogP contribution in [0.1, 0.15) is 30.4 Å². The molecule has 0 radical (unpaired) electrons. The second-order valence-electron chi connectivity index (χ2n) is 6.40. The number of aryl methyl sites for hydroxylation is 1. The number of nitrogens with one attached hydrogen (secondary N) is 2. The highest BCUT2D eigenvalue weighted by Crippen LogP contribution is 2.34. The molecule has 3 atom stereocenters. The molecule has 5 heteroatoms. The maximum atomic E-state index is 5.88. The smallest absolute Gasteiger partial charge is 0.191 e. The molecular weight excluding hydrogens is 306 g/mol. The van der Waals surface area contributed by atoms with Crippen LogP contribution < -0.4 is 10.6 Å². The van der Waals surface area contributed by atoms with Gasteiger partial charge in [0.2, 0.25) is 0 Å². The first kappa shape index (κ1) is 16.7. The summed E-state index contributed by atoms with van der Waals surface area (Å²) in [7, 11) is 1.84. The summed E-state index contributed by atoms with van der Waals surface area (Å²) in [5.41, 5.74) is 2.71. The summed E-state index contributed by atoms with van der Waals surface area (Å²) >= 11 is 1.95. The molecule has 23 heavy (non-hydrogen) atoms. The molecule has 0 aliphatic carbocycles. The summed E-state index contributed by atoms with van der Waals surface area (Å²) in [5, 5.41) is 6.93. The fourth-order valence-corrected chi connectivity index (χ4v) is 4.09. The SMILES string of the molecule is CN=C(NCCSCc1ccc(C)cc1)NC1CC2CCC1O2. The van der Waals surface area contributed by atoms with Crippen molar-refractivity contribution in [2.45, 2.75) is 50.2 Å². The molecule has 0 saturated carbocycles. The number of thioether (sulfide) groups is 1. The summed E-state index contributed by atoms with van der Waals surface area (Å²) in [6.07, 6.45) is 4.39. The largest absolute Gasteiger partial charge is 0.373 e. The molecule has 0 amide bonds. The maximum Gasteiger partial charge on any atom is 0.191 e. The molecule has 3 unspecified atom stereocenters. The Morgan fingerprint density at radius 2 is 2.13 bits per heavy atom. The molecule has 2 bridgehead atoms. The third-order valence-electron chi connectivity index (χ3n) is 4.58. The van der Waals surface area contributed by atoms with Crippen LogP contribution in [0.2, 0.25) is 0 Å². The molecular formula is C18H27N3OS. The van der Waals surface area contributed by atoms with E-state index >= 15 is 0 Å². The van der Waals surface area contributed by atoms with E-state index in [0.717, 1.165) is 30.4 Å². The van der Waals surface area contributed by atoms with Crippen molar-refractivity contribution in [1.82, 2.24) is 10.6 Å². The summed E-state index contributed by atoms with van der Waals surface area (Å²) in [5.74, 6) is 3.04. The van der Waals surface area contributed by atoms with Gasteiger partial charge in [-0.1, -0.05) is 29.8 Å². The van der Waals surface area contributed by atoms with Crippen LogP contribution in [-0.2, 0) is 10.5 Å². The molecule has 2 aliphatic rings. The fraction of sp³-hybridized carbons (Fsp3) is 0.611. The number of fused-ring (bicyclic) bond motifs is 2. The zero-order chi connectivity index (χ0) is 16.1. The van der Waals surface area contributed by atoms with Gasteiger partial charge in [0.05, 0.1) is 18.2 Å². The van der Waals surface area contributed by atoms with Crippen LogP contribution in [0.4, 0.5) is 0 Å². The number of nitrogens with zero attached hydrogens (tertiary/aromatic N) is 1. The van der Waals surface area contributed by atoms with Gasteiger partial charge in [0.15, 0.2) is 5.96 Å². The Morgan fingerprint density at radius 3 is 2.78 bits per heavy atom. The van der Waals surface area contributed by atoms with Gasteiger partial charge < -0.3 is 15.4 Å². The molecule has 1 aromatic carbocycles. The lowest BCUT2D eigenvalue weighted by molar-refractivity contribution is 0.0992. The number of rotatable bonds is 6. The van der Waals surface area contributed by atoms with Gasteiger partial charge in [-0.15, -0.1) is 0 Å². The predicted molar refractivity (Wildman–Crippen MR) is 98.1 cm³/mol. The number of hydrogen-bond donors (Lipinski definition) is 2. The van der Waals surface area contributed by atoms with E-state index in [1.807, 2.05) is 18.8 Å². The first-order chi connectivity index (χ1) is 11.2. The van der Waals surface area contributed by atoms with Gasteiger partial charge in [0.1, 0.15) is 0 Å². The molecule has 0 spiro atoms. The zero-order valence-electron chi connectivity index (χ0n) is 14.0. The van der Waals surface area contributed by atoms with Crippen LogP contribution in [0.3, 0.4) is 0 Å².